The number of esters is 1. The van der Waals surface area contributed by atoms with Crippen LogP contribution in [0.1, 0.15) is 10.4 Å². The van der Waals surface area contributed by atoms with Gasteiger partial charge in [0.2, 0.25) is 5.75 Å². The molecule has 0 radical (unpaired) electrons. The molecule has 1 rings (SSSR count). The van der Waals surface area contributed by atoms with E-state index in [-0.39, 0.29) is 36.0 Å². The van der Waals surface area contributed by atoms with Crippen LogP contribution in [0.3, 0.4) is 0 Å². The third-order valence-corrected chi connectivity index (χ3v) is 2.39. The highest BCUT2D eigenvalue weighted by molar-refractivity contribution is 5.94. The van der Waals surface area contributed by atoms with Crippen molar-refractivity contribution in [1.29, 1.82) is 0 Å². The SMILES string of the molecule is C=CCOC(=O)c1ccc([N+](=O)[O-])c(OC)c1OCC=C. The fourth-order valence-electron chi connectivity index (χ4n) is 1.55. The number of methoxy groups -OCH3 is 1. The highest BCUT2D eigenvalue weighted by atomic mass is 16.6. The van der Waals surface area contributed by atoms with Gasteiger partial charge in [-0.15, -0.1) is 0 Å². The average Bonchev–Trinajstić information content (AvgIpc) is 2.49. The number of carbonyl (C=O) groups is 1. The molecule has 0 aliphatic heterocycles. The van der Waals surface area contributed by atoms with Crippen LogP contribution in [-0.2, 0) is 4.74 Å². The zero-order valence-electron chi connectivity index (χ0n) is 11.5. The Labute approximate surface area is 121 Å². The molecule has 0 amide bonds. The first kappa shape index (κ1) is 16.2. The van der Waals surface area contributed by atoms with Crippen LogP contribution in [0.25, 0.3) is 0 Å². The van der Waals surface area contributed by atoms with Crippen molar-refractivity contribution in [3.63, 3.8) is 0 Å². The van der Waals surface area contributed by atoms with E-state index < -0.39 is 10.9 Å². The third kappa shape index (κ3) is 3.82. The predicted octanol–water partition coefficient (Wildman–Crippen LogP) is 2.51. The smallest absolute Gasteiger partial charge is 0.342 e. The molecular weight excluding hydrogens is 278 g/mol. The summed E-state index contributed by atoms with van der Waals surface area (Å²) in [5, 5.41) is 11.0. The molecule has 0 aromatic heterocycles. The number of hydrogen-bond donors (Lipinski definition) is 0. The number of carbonyl (C=O) groups excluding carboxylic acids is 1. The molecule has 0 bridgehead atoms. The summed E-state index contributed by atoms with van der Waals surface area (Å²) in [7, 11) is 1.25. The largest absolute Gasteiger partial charge is 0.488 e. The van der Waals surface area contributed by atoms with Crippen molar-refractivity contribution in [2.75, 3.05) is 20.3 Å². The Kier molecular flexibility index (Phi) is 5.94. The lowest BCUT2D eigenvalue weighted by Gasteiger charge is -2.13. The zero-order chi connectivity index (χ0) is 15.8. The maximum atomic E-state index is 11.9. The van der Waals surface area contributed by atoms with Crippen molar-refractivity contribution < 1.29 is 23.9 Å². The monoisotopic (exact) mass is 293 g/mol. The molecule has 0 saturated carbocycles. The van der Waals surface area contributed by atoms with Crippen LogP contribution in [0.15, 0.2) is 37.4 Å². The maximum absolute atomic E-state index is 11.9. The molecule has 0 saturated heterocycles. The summed E-state index contributed by atoms with van der Waals surface area (Å²) in [6, 6.07) is 2.41. The molecule has 0 unspecified atom stereocenters. The lowest BCUT2D eigenvalue weighted by molar-refractivity contribution is -0.385. The predicted molar refractivity (Wildman–Crippen MR) is 75.8 cm³/mol. The number of benzene rings is 1. The molecule has 112 valence electrons. The minimum atomic E-state index is -0.692. The van der Waals surface area contributed by atoms with E-state index in [9.17, 15) is 14.9 Å². The van der Waals surface area contributed by atoms with Crippen LogP contribution in [-0.4, -0.2) is 31.2 Å². The fourth-order valence-corrected chi connectivity index (χ4v) is 1.55. The Morgan fingerprint density at radius 3 is 2.48 bits per heavy atom. The van der Waals surface area contributed by atoms with Crippen LogP contribution in [0.2, 0.25) is 0 Å². The van der Waals surface area contributed by atoms with Gasteiger partial charge in [-0.1, -0.05) is 25.3 Å². The van der Waals surface area contributed by atoms with E-state index >= 15 is 0 Å². The quantitative estimate of drug-likeness (QED) is 0.317. The molecule has 1 aromatic carbocycles. The number of rotatable bonds is 8. The zero-order valence-corrected chi connectivity index (χ0v) is 11.5. The van der Waals surface area contributed by atoms with Crippen molar-refractivity contribution in [2.24, 2.45) is 0 Å². The summed E-state index contributed by atoms with van der Waals surface area (Å²) < 4.78 is 15.2. The van der Waals surface area contributed by atoms with E-state index in [4.69, 9.17) is 14.2 Å². The molecule has 0 heterocycles. The first-order valence-electron chi connectivity index (χ1n) is 5.93. The summed E-state index contributed by atoms with van der Waals surface area (Å²) in [6.07, 6.45) is 2.85. The van der Waals surface area contributed by atoms with Gasteiger partial charge in [0.05, 0.1) is 12.0 Å². The van der Waals surface area contributed by atoms with Crippen LogP contribution < -0.4 is 9.47 Å². The molecule has 7 nitrogen and oxygen atoms in total. The minimum Gasteiger partial charge on any atom is -0.488 e. The standard InChI is InChI=1S/C14H15NO6/c1-4-8-20-12-10(14(16)21-9-5-2)6-7-11(15(17)18)13(12)19-3/h4-7H,1-2,8-9H2,3H3. The van der Waals surface area contributed by atoms with Gasteiger partial charge in [0.15, 0.2) is 5.75 Å². The van der Waals surface area contributed by atoms with E-state index in [0.717, 1.165) is 6.07 Å². The average molecular weight is 293 g/mol. The Hall–Kier alpha value is -2.83. The van der Waals surface area contributed by atoms with Crippen LogP contribution >= 0.6 is 0 Å². The summed E-state index contributed by atoms with van der Waals surface area (Å²) in [5.74, 6) is -0.891. The molecule has 7 heteroatoms. The van der Waals surface area contributed by atoms with Gasteiger partial charge < -0.3 is 14.2 Å². The minimum absolute atomic E-state index is 0.0129. The molecule has 21 heavy (non-hydrogen) atoms. The molecular formula is C14H15NO6. The molecule has 0 aliphatic rings. The van der Waals surface area contributed by atoms with E-state index in [1.807, 2.05) is 0 Å². The van der Waals surface area contributed by atoms with E-state index in [2.05, 4.69) is 13.2 Å². The van der Waals surface area contributed by atoms with Crippen LogP contribution in [0, 0.1) is 10.1 Å². The Morgan fingerprint density at radius 1 is 1.29 bits per heavy atom. The summed E-state index contributed by atoms with van der Waals surface area (Å²) in [5.41, 5.74) is -0.280. The third-order valence-electron chi connectivity index (χ3n) is 2.39. The summed E-state index contributed by atoms with van der Waals surface area (Å²) in [4.78, 5) is 22.3. The van der Waals surface area contributed by atoms with Crippen molar-refractivity contribution in [2.45, 2.75) is 0 Å². The van der Waals surface area contributed by atoms with Gasteiger partial charge in [-0.05, 0) is 6.07 Å². The number of nitro groups is 1. The van der Waals surface area contributed by atoms with Crippen molar-refractivity contribution in [3.8, 4) is 11.5 Å². The second-order valence-corrected chi connectivity index (χ2v) is 3.74. The van der Waals surface area contributed by atoms with E-state index in [1.54, 1.807) is 0 Å². The van der Waals surface area contributed by atoms with Gasteiger partial charge >= 0.3 is 11.7 Å². The van der Waals surface area contributed by atoms with E-state index in [0.29, 0.717) is 0 Å². The fraction of sp³-hybridized carbons (Fsp3) is 0.214. The first-order valence-corrected chi connectivity index (χ1v) is 5.93. The number of nitrogens with zero attached hydrogens (tertiary/aromatic N) is 1. The van der Waals surface area contributed by atoms with Gasteiger partial charge in [-0.3, -0.25) is 10.1 Å². The van der Waals surface area contributed by atoms with Crippen molar-refractivity contribution in [1.82, 2.24) is 0 Å². The van der Waals surface area contributed by atoms with Crippen LogP contribution in [0.4, 0.5) is 5.69 Å². The van der Waals surface area contributed by atoms with Gasteiger partial charge in [-0.25, -0.2) is 4.79 Å². The summed E-state index contributed by atoms with van der Waals surface area (Å²) in [6.45, 7) is 6.99. The Balaban J connectivity index is 3.34. The summed E-state index contributed by atoms with van der Waals surface area (Å²) >= 11 is 0. The molecule has 0 N–H and O–H groups in total. The molecule has 0 aliphatic carbocycles. The molecule has 0 atom stereocenters. The molecule has 0 fully saturated rings. The van der Waals surface area contributed by atoms with E-state index in [1.165, 1.54) is 25.3 Å². The van der Waals surface area contributed by atoms with Gasteiger partial charge in [0.1, 0.15) is 18.8 Å². The highest BCUT2D eigenvalue weighted by Gasteiger charge is 2.26. The van der Waals surface area contributed by atoms with Crippen molar-refractivity contribution >= 4 is 11.7 Å². The van der Waals surface area contributed by atoms with Crippen molar-refractivity contribution in [3.05, 3.63) is 53.1 Å². The molecule has 1 aromatic rings. The highest BCUT2D eigenvalue weighted by Crippen LogP contribution is 2.40. The van der Waals surface area contributed by atoms with Crippen LogP contribution in [0.5, 0.6) is 11.5 Å². The number of nitro benzene ring substituents is 1. The second-order valence-electron chi connectivity index (χ2n) is 3.74. The topological polar surface area (TPSA) is 87.9 Å². The van der Waals surface area contributed by atoms with Gasteiger partial charge in [0.25, 0.3) is 0 Å². The number of ether oxygens (including phenoxy) is 3. The molecule has 0 spiro atoms. The van der Waals surface area contributed by atoms with Gasteiger partial charge in [0, 0.05) is 6.07 Å². The first-order chi connectivity index (χ1) is 10.1. The lowest BCUT2D eigenvalue weighted by Crippen LogP contribution is -2.10. The normalized spacial score (nSPS) is 9.57. The Morgan fingerprint density at radius 2 is 1.95 bits per heavy atom. The van der Waals surface area contributed by atoms with Gasteiger partial charge in [-0.2, -0.15) is 0 Å². The number of hydrogen-bond acceptors (Lipinski definition) is 6. The maximum Gasteiger partial charge on any atom is 0.342 e. The Bertz CT molecular complexity index is 567. The lowest BCUT2D eigenvalue weighted by atomic mass is 10.1. The second kappa shape index (κ2) is 7.68.